The summed E-state index contributed by atoms with van der Waals surface area (Å²) < 4.78 is 5.36. The summed E-state index contributed by atoms with van der Waals surface area (Å²) in [7, 11) is 2.07. The minimum Gasteiger partial charge on any atom is -0.481 e. The van der Waals surface area contributed by atoms with Gasteiger partial charge in [0.1, 0.15) is 0 Å². The highest BCUT2D eigenvalue weighted by molar-refractivity contribution is 5.69. The van der Waals surface area contributed by atoms with Crippen molar-refractivity contribution in [1.82, 2.24) is 4.90 Å². The monoisotopic (exact) mass is 201 g/mol. The fraction of sp³-hybridized carbons (Fsp3) is 0.900. The van der Waals surface area contributed by atoms with Crippen molar-refractivity contribution in [1.29, 1.82) is 0 Å². The van der Waals surface area contributed by atoms with Crippen LogP contribution in [-0.2, 0) is 9.53 Å². The normalized spacial score (nSPS) is 26.0. The summed E-state index contributed by atoms with van der Waals surface area (Å²) in [6.07, 6.45) is 1.64. The van der Waals surface area contributed by atoms with Gasteiger partial charge in [0.05, 0.1) is 19.1 Å². The molecule has 2 atom stereocenters. The second kappa shape index (κ2) is 5.32. The van der Waals surface area contributed by atoms with Gasteiger partial charge in [-0.2, -0.15) is 0 Å². The van der Waals surface area contributed by atoms with Crippen molar-refractivity contribution >= 4 is 5.97 Å². The highest BCUT2D eigenvalue weighted by Crippen LogP contribution is 2.14. The van der Waals surface area contributed by atoms with Crippen LogP contribution in [0.2, 0.25) is 0 Å². The van der Waals surface area contributed by atoms with Gasteiger partial charge >= 0.3 is 5.97 Å². The van der Waals surface area contributed by atoms with E-state index < -0.39 is 5.97 Å². The minimum atomic E-state index is -0.704. The molecule has 1 saturated heterocycles. The van der Waals surface area contributed by atoms with E-state index in [-0.39, 0.29) is 5.92 Å². The van der Waals surface area contributed by atoms with E-state index in [0.717, 1.165) is 32.6 Å². The molecule has 0 radical (unpaired) electrons. The van der Waals surface area contributed by atoms with Crippen LogP contribution in [0.25, 0.3) is 0 Å². The van der Waals surface area contributed by atoms with Crippen molar-refractivity contribution in [2.24, 2.45) is 5.92 Å². The molecule has 0 aliphatic carbocycles. The van der Waals surface area contributed by atoms with E-state index in [1.54, 1.807) is 6.92 Å². The predicted molar refractivity (Wildman–Crippen MR) is 53.3 cm³/mol. The number of likely N-dealkylation sites (N-methyl/N-ethyl adjacent to an activating group) is 1. The Morgan fingerprint density at radius 1 is 1.71 bits per heavy atom. The SMILES string of the molecule is CC(CCC1COCCN1C)C(=O)O. The molecule has 0 spiro atoms. The Hall–Kier alpha value is -0.610. The second-order valence-electron chi connectivity index (χ2n) is 4.03. The molecular formula is C10H19NO3. The fourth-order valence-electron chi connectivity index (χ4n) is 1.61. The molecule has 0 aromatic carbocycles. The van der Waals surface area contributed by atoms with Gasteiger partial charge in [-0.1, -0.05) is 6.92 Å². The third-order valence-corrected chi connectivity index (χ3v) is 2.88. The molecule has 1 aliphatic rings. The smallest absolute Gasteiger partial charge is 0.306 e. The van der Waals surface area contributed by atoms with Gasteiger partial charge in [-0.3, -0.25) is 9.69 Å². The molecule has 4 nitrogen and oxygen atoms in total. The summed E-state index contributed by atoms with van der Waals surface area (Å²) in [4.78, 5) is 12.9. The number of carboxylic acid groups (broad SMARTS) is 1. The number of hydrogen-bond donors (Lipinski definition) is 1. The lowest BCUT2D eigenvalue weighted by Crippen LogP contribution is -2.42. The van der Waals surface area contributed by atoms with Crippen LogP contribution in [0.1, 0.15) is 19.8 Å². The first-order valence-electron chi connectivity index (χ1n) is 5.12. The number of hydrogen-bond acceptors (Lipinski definition) is 3. The topological polar surface area (TPSA) is 49.8 Å². The van der Waals surface area contributed by atoms with E-state index in [0.29, 0.717) is 6.04 Å². The largest absolute Gasteiger partial charge is 0.481 e. The summed E-state index contributed by atoms with van der Waals surface area (Å²) in [5.41, 5.74) is 0. The van der Waals surface area contributed by atoms with Crippen LogP contribution in [0.4, 0.5) is 0 Å². The molecule has 4 heteroatoms. The van der Waals surface area contributed by atoms with E-state index in [2.05, 4.69) is 11.9 Å². The number of rotatable bonds is 4. The number of ether oxygens (including phenoxy) is 1. The zero-order valence-corrected chi connectivity index (χ0v) is 8.90. The molecule has 0 saturated carbocycles. The van der Waals surface area contributed by atoms with Crippen LogP contribution in [0.15, 0.2) is 0 Å². The third-order valence-electron chi connectivity index (χ3n) is 2.88. The van der Waals surface area contributed by atoms with E-state index >= 15 is 0 Å². The third kappa shape index (κ3) is 3.27. The van der Waals surface area contributed by atoms with Gasteiger partial charge in [-0.15, -0.1) is 0 Å². The first kappa shape index (κ1) is 11.5. The minimum absolute atomic E-state index is 0.245. The summed E-state index contributed by atoms with van der Waals surface area (Å²) in [6, 6.07) is 0.394. The number of carboxylic acids is 1. The van der Waals surface area contributed by atoms with Gasteiger partial charge in [0.15, 0.2) is 0 Å². The molecule has 1 heterocycles. The maximum Gasteiger partial charge on any atom is 0.306 e. The molecule has 1 fully saturated rings. The highest BCUT2D eigenvalue weighted by atomic mass is 16.5. The average Bonchev–Trinajstić information content (AvgIpc) is 2.16. The van der Waals surface area contributed by atoms with Crippen molar-refractivity contribution < 1.29 is 14.6 Å². The van der Waals surface area contributed by atoms with Crippen LogP contribution in [-0.4, -0.2) is 48.8 Å². The molecule has 14 heavy (non-hydrogen) atoms. The van der Waals surface area contributed by atoms with Gasteiger partial charge in [0, 0.05) is 12.6 Å². The molecule has 1 aliphatic heterocycles. The Bertz CT molecular complexity index is 196. The maximum atomic E-state index is 10.6. The maximum absolute atomic E-state index is 10.6. The Morgan fingerprint density at radius 3 is 3.00 bits per heavy atom. The summed E-state index contributed by atoms with van der Waals surface area (Å²) in [5, 5.41) is 8.73. The van der Waals surface area contributed by atoms with E-state index in [9.17, 15) is 4.79 Å². The molecule has 0 bridgehead atoms. The van der Waals surface area contributed by atoms with Crippen LogP contribution < -0.4 is 0 Å². The van der Waals surface area contributed by atoms with E-state index in [4.69, 9.17) is 9.84 Å². The lowest BCUT2D eigenvalue weighted by molar-refractivity contribution is -0.141. The van der Waals surface area contributed by atoms with Crippen LogP contribution >= 0.6 is 0 Å². The van der Waals surface area contributed by atoms with Gasteiger partial charge in [-0.05, 0) is 19.9 Å². The van der Waals surface area contributed by atoms with Gasteiger partial charge < -0.3 is 9.84 Å². The fourth-order valence-corrected chi connectivity index (χ4v) is 1.61. The Morgan fingerprint density at radius 2 is 2.43 bits per heavy atom. The molecule has 2 unspecified atom stereocenters. The van der Waals surface area contributed by atoms with E-state index in [1.807, 2.05) is 0 Å². The second-order valence-corrected chi connectivity index (χ2v) is 4.03. The number of carbonyl (C=O) groups is 1. The van der Waals surface area contributed by atoms with Crippen molar-refractivity contribution in [2.75, 3.05) is 26.8 Å². The standard InChI is InChI=1S/C10H19NO3/c1-8(10(12)13)3-4-9-7-14-6-5-11(9)2/h8-9H,3-7H2,1-2H3,(H,12,13). The van der Waals surface area contributed by atoms with Crippen molar-refractivity contribution in [3.63, 3.8) is 0 Å². The van der Waals surface area contributed by atoms with Crippen molar-refractivity contribution in [3.8, 4) is 0 Å². The Balaban J connectivity index is 2.25. The van der Waals surface area contributed by atoms with Crippen LogP contribution in [0.5, 0.6) is 0 Å². The quantitative estimate of drug-likeness (QED) is 0.731. The predicted octanol–water partition coefficient (Wildman–Crippen LogP) is 0.818. The average molecular weight is 201 g/mol. The van der Waals surface area contributed by atoms with Gasteiger partial charge in [-0.25, -0.2) is 0 Å². The first-order valence-corrected chi connectivity index (χ1v) is 5.12. The molecule has 82 valence electrons. The summed E-state index contributed by atoms with van der Waals surface area (Å²) in [5.74, 6) is -0.949. The van der Waals surface area contributed by atoms with Gasteiger partial charge in [0.2, 0.25) is 0 Å². The summed E-state index contributed by atoms with van der Waals surface area (Å²) in [6.45, 7) is 4.24. The Kier molecular flexibility index (Phi) is 4.35. The lowest BCUT2D eigenvalue weighted by atomic mass is 10.0. The summed E-state index contributed by atoms with van der Waals surface area (Å²) >= 11 is 0. The number of nitrogens with zero attached hydrogens (tertiary/aromatic N) is 1. The van der Waals surface area contributed by atoms with Crippen molar-refractivity contribution in [2.45, 2.75) is 25.8 Å². The first-order chi connectivity index (χ1) is 6.61. The van der Waals surface area contributed by atoms with Crippen LogP contribution in [0.3, 0.4) is 0 Å². The molecule has 1 N–H and O–H groups in total. The number of morpholine rings is 1. The van der Waals surface area contributed by atoms with Gasteiger partial charge in [0.25, 0.3) is 0 Å². The molecule has 0 aromatic rings. The highest BCUT2D eigenvalue weighted by Gasteiger charge is 2.21. The van der Waals surface area contributed by atoms with E-state index in [1.165, 1.54) is 0 Å². The Labute approximate surface area is 84.8 Å². The van der Waals surface area contributed by atoms with Crippen LogP contribution in [0, 0.1) is 5.92 Å². The zero-order valence-electron chi connectivity index (χ0n) is 8.90. The number of aliphatic carboxylic acids is 1. The zero-order chi connectivity index (χ0) is 10.6. The molecule has 1 rings (SSSR count). The molecule has 0 aromatic heterocycles. The lowest BCUT2D eigenvalue weighted by Gasteiger charge is -2.32. The molecule has 0 amide bonds. The molecular weight excluding hydrogens is 182 g/mol. The van der Waals surface area contributed by atoms with Crippen molar-refractivity contribution in [3.05, 3.63) is 0 Å².